The van der Waals surface area contributed by atoms with Crippen LogP contribution in [0.5, 0.6) is 0 Å². The third kappa shape index (κ3) is 2.28. The van der Waals surface area contributed by atoms with Gasteiger partial charge in [-0.1, -0.05) is 23.2 Å². The number of halogens is 5. The van der Waals surface area contributed by atoms with Crippen LogP contribution in [0, 0.1) is 6.20 Å². The summed E-state index contributed by atoms with van der Waals surface area (Å²) in [5.41, 5.74) is -0.839. The van der Waals surface area contributed by atoms with Crippen molar-refractivity contribution < 1.29 is 13.2 Å². The molecule has 0 spiro atoms. The molecule has 1 heterocycles. The quantitative estimate of drug-likeness (QED) is 0.718. The van der Waals surface area contributed by atoms with Crippen molar-refractivity contribution in [2.24, 2.45) is 0 Å². The standard InChI is InChI=1S/C11H5Cl2F3N/c12-8-4-3-7(11(14,15)16)9(13)10(8)17-5-1-2-6-17/h1-5H. The van der Waals surface area contributed by atoms with Crippen LogP contribution in [-0.2, 0) is 6.18 Å². The van der Waals surface area contributed by atoms with Gasteiger partial charge >= 0.3 is 6.18 Å². The second kappa shape index (κ2) is 4.27. The molecule has 17 heavy (non-hydrogen) atoms. The van der Waals surface area contributed by atoms with E-state index >= 15 is 0 Å². The number of aromatic nitrogens is 1. The second-order valence-corrected chi connectivity index (χ2v) is 4.05. The smallest absolute Gasteiger partial charge is 0.312 e. The Labute approximate surface area is 105 Å². The molecule has 0 aliphatic rings. The van der Waals surface area contributed by atoms with Gasteiger partial charge in [-0.15, -0.1) is 0 Å². The summed E-state index contributed by atoms with van der Waals surface area (Å²) in [7, 11) is 0. The maximum atomic E-state index is 12.7. The van der Waals surface area contributed by atoms with Crippen LogP contribution in [0.4, 0.5) is 13.2 Å². The zero-order chi connectivity index (χ0) is 12.6. The Kier molecular flexibility index (Phi) is 3.10. The maximum Gasteiger partial charge on any atom is 0.417 e. The first-order chi connectivity index (χ1) is 7.91. The monoisotopic (exact) mass is 278 g/mol. The van der Waals surface area contributed by atoms with Crippen molar-refractivity contribution in [3.05, 3.63) is 52.3 Å². The van der Waals surface area contributed by atoms with E-state index < -0.39 is 16.8 Å². The number of rotatable bonds is 1. The zero-order valence-electron chi connectivity index (χ0n) is 8.22. The minimum absolute atomic E-state index is 0.0770. The van der Waals surface area contributed by atoms with Crippen LogP contribution < -0.4 is 0 Å². The molecule has 1 radical (unpaired) electrons. The molecule has 0 aliphatic heterocycles. The minimum atomic E-state index is -4.51. The summed E-state index contributed by atoms with van der Waals surface area (Å²) >= 11 is 11.6. The first-order valence-electron chi connectivity index (χ1n) is 4.52. The van der Waals surface area contributed by atoms with Crippen molar-refractivity contribution in [2.75, 3.05) is 0 Å². The van der Waals surface area contributed by atoms with Crippen LogP contribution in [0.3, 0.4) is 0 Å². The molecule has 1 aromatic heterocycles. The first-order valence-corrected chi connectivity index (χ1v) is 5.27. The van der Waals surface area contributed by atoms with Crippen molar-refractivity contribution in [3.63, 3.8) is 0 Å². The SMILES string of the molecule is FC(F)(F)c1ccc(Cl)c(-n2[c]ccc2)c1Cl. The molecule has 0 atom stereocenters. The van der Waals surface area contributed by atoms with Gasteiger partial charge in [0.05, 0.1) is 27.5 Å². The van der Waals surface area contributed by atoms with Crippen molar-refractivity contribution in [1.82, 2.24) is 4.57 Å². The summed E-state index contributed by atoms with van der Waals surface area (Å²) in [6, 6.07) is 5.19. The molecule has 0 saturated carbocycles. The van der Waals surface area contributed by atoms with E-state index in [0.29, 0.717) is 0 Å². The molecule has 6 heteroatoms. The Morgan fingerprint density at radius 1 is 1.18 bits per heavy atom. The fraction of sp³-hybridized carbons (Fsp3) is 0.0909. The van der Waals surface area contributed by atoms with Crippen molar-refractivity contribution in [3.8, 4) is 5.69 Å². The molecule has 0 amide bonds. The highest BCUT2D eigenvalue weighted by Crippen LogP contribution is 2.40. The summed E-state index contributed by atoms with van der Waals surface area (Å²) in [5, 5.41) is -0.298. The summed E-state index contributed by atoms with van der Waals surface area (Å²) in [4.78, 5) is 0. The van der Waals surface area contributed by atoms with Gasteiger partial charge in [0, 0.05) is 6.20 Å². The molecule has 0 unspecified atom stereocenters. The highest BCUT2D eigenvalue weighted by Gasteiger charge is 2.34. The normalized spacial score (nSPS) is 11.8. The fourth-order valence-electron chi connectivity index (χ4n) is 1.42. The zero-order valence-corrected chi connectivity index (χ0v) is 9.74. The molecule has 0 saturated heterocycles. The third-order valence-electron chi connectivity index (χ3n) is 2.16. The van der Waals surface area contributed by atoms with E-state index in [9.17, 15) is 13.2 Å². The van der Waals surface area contributed by atoms with Gasteiger partial charge in [0.25, 0.3) is 0 Å². The minimum Gasteiger partial charge on any atom is -0.312 e. The lowest BCUT2D eigenvalue weighted by Crippen LogP contribution is -2.08. The van der Waals surface area contributed by atoms with Crippen molar-refractivity contribution in [2.45, 2.75) is 6.18 Å². The van der Waals surface area contributed by atoms with Crippen LogP contribution in [0.2, 0.25) is 10.0 Å². The molecule has 0 N–H and O–H groups in total. The second-order valence-electron chi connectivity index (χ2n) is 3.26. The highest BCUT2D eigenvalue weighted by atomic mass is 35.5. The van der Waals surface area contributed by atoms with Gasteiger partial charge in [-0.3, -0.25) is 0 Å². The Bertz CT molecular complexity index is 532. The summed E-state index contributed by atoms with van der Waals surface area (Å²) in [6.07, 6.45) is -0.295. The van der Waals surface area contributed by atoms with Gasteiger partial charge in [0.2, 0.25) is 0 Å². The number of benzene rings is 1. The van der Waals surface area contributed by atoms with E-state index in [1.165, 1.54) is 16.8 Å². The number of hydrogen-bond donors (Lipinski definition) is 0. The largest absolute Gasteiger partial charge is 0.417 e. The van der Waals surface area contributed by atoms with E-state index in [0.717, 1.165) is 6.07 Å². The number of nitrogens with zero attached hydrogens (tertiary/aromatic N) is 1. The van der Waals surface area contributed by atoms with Gasteiger partial charge in [-0.05, 0) is 24.3 Å². The first kappa shape index (κ1) is 12.3. The van der Waals surface area contributed by atoms with Crippen LogP contribution in [0.25, 0.3) is 5.69 Å². The number of hydrogen-bond acceptors (Lipinski definition) is 0. The fourth-order valence-corrected chi connectivity index (χ4v) is 2.08. The molecule has 89 valence electrons. The van der Waals surface area contributed by atoms with Gasteiger partial charge in [-0.25, -0.2) is 0 Å². The van der Waals surface area contributed by atoms with Crippen LogP contribution in [0.15, 0.2) is 30.5 Å². The lowest BCUT2D eigenvalue weighted by Gasteiger charge is -2.14. The molecule has 1 nitrogen and oxygen atoms in total. The molecular weight excluding hydrogens is 274 g/mol. The van der Waals surface area contributed by atoms with Gasteiger partial charge < -0.3 is 4.57 Å². The van der Waals surface area contributed by atoms with Crippen LogP contribution in [-0.4, -0.2) is 4.57 Å². The summed E-state index contributed by atoms with van der Waals surface area (Å²) < 4.78 is 39.3. The lowest BCUT2D eigenvalue weighted by molar-refractivity contribution is -0.137. The van der Waals surface area contributed by atoms with Crippen molar-refractivity contribution in [1.29, 1.82) is 0 Å². The predicted octanol–water partition coefficient (Wildman–Crippen LogP) is 4.60. The Hall–Kier alpha value is -1.13. The molecule has 0 aliphatic carbocycles. The van der Waals surface area contributed by atoms with E-state index in [4.69, 9.17) is 23.2 Å². The Balaban J connectivity index is 2.68. The highest BCUT2D eigenvalue weighted by molar-refractivity contribution is 6.38. The molecule has 2 aromatic rings. The Morgan fingerprint density at radius 3 is 2.41 bits per heavy atom. The maximum absolute atomic E-state index is 12.7. The summed E-state index contributed by atoms with van der Waals surface area (Å²) in [5.74, 6) is 0. The topological polar surface area (TPSA) is 4.93 Å². The molecule has 1 aromatic carbocycles. The Morgan fingerprint density at radius 2 is 1.88 bits per heavy atom. The summed E-state index contributed by atoms with van der Waals surface area (Å²) in [6.45, 7) is 0. The van der Waals surface area contributed by atoms with E-state index in [1.807, 2.05) is 0 Å². The van der Waals surface area contributed by atoms with Gasteiger partial charge in [-0.2, -0.15) is 13.2 Å². The van der Waals surface area contributed by atoms with Crippen molar-refractivity contribution >= 4 is 23.2 Å². The average molecular weight is 279 g/mol. The van der Waals surface area contributed by atoms with E-state index in [2.05, 4.69) is 6.20 Å². The van der Waals surface area contributed by atoms with Crippen LogP contribution >= 0.6 is 23.2 Å². The molecule has 0 bridgehead atoms. The third-order valence-corrected chi connectivity index (χ3v) is 2.85. The van der Waals surface area contributed by atoms with Gasteiger partial charge in [0.15, 0.2) is 0 Å². The van der Waals surface area contributed by atoms with Gasteiger partial charge in [0.1, 0.15) is 0 Å². The van der Waals surface area contributed by atoms with E-state index in [1.54, 1.807) is 12.1 Å². The molecular formula is C11H5Cl2F3N. The number of alkyl halides is 3. The molecule has 0 fully saturated rings. The lowest BCUT2D eigenvalue weighted by atomic mass is 10.2. The molecule has 2 rings (SSSR count). The average Bonchev–Trinajstić information content (AvgIpc) is 2.68. The predicted molar refractivity (Wildman–Crippen MR) is 59.6 cm³/mol. The van der Waals surface area contributed by atoms with Crippen LogP contribution in [0.1, 0.15) is 5.56 Å². The van der Waals surface area contributed by atoms with E-state index in [-0.39, 0.29) is 10.7 Å².